The minimum atomic E-state index is -2.99. The molecule has 0 unspecified atom stereocenters. The van der Waals surface area contributed by atoms with E-state index < -0.39 is 12.2 Å². The molecule has 0 saturated carbocycles. The van der Waals surface area contributed by atoms with Gasteiger partial charge in [-0.1, -0.05) is 24.3 Å². The van der Waals surface area contributed by atoms with E-state index in [0.29, 0.717) is 25.9 Å². The van der Waals surface area contributed by atoms with Crippen LogP contribution in [0.5, 0.6) is 11.5 Å². The molecule has 0 N–H and O–H groups in total. The molecule has 6 nitrogen and oxygen atoms in total. The van der Waals surface area contributed by atoms with Gasteiger partial charge in [-0.05, 0) is 24.3 Å². The minimum Gasteiger partial charge on any atom is -0.482 e. The number of hydrogen-bond donors (Lipinski definition) is 0. The van der Waals surface area contributed by atoms with E-state index in [1.165, 1.54) is 12.1 Å². The van der Waals surface area contributed by atoms with Gasteiger partial charge >= 0.3 is 6.61 Å². The van der Waals surface area contributed by atoms with Crippen molar-refractivity contribution in [3.8, 4) is 22.8 Å². The highest BCUT2D eigenvalue weighted by atomic mass is 19.3. The number of para-hydroxylation sites is 2. The van der Waals surface area contributed by atoms with Crippen LogP contribution >= 0.6 is 0 Å². The standard InChI is InChI=1S/C23H21F2N3O3/c1-27-20-15-6-2-5-9-19(15)31-23(17(20)14-26-27)10-12-28(13-11-23)21(29)16-7-3-4-8-18(16)30-22(24)25/h2-9,14,22H,10-13H2,1H3. The number of hydrogen-bond acceptors (Lipinski definition) is 4. The molecule has 1 aromatic heterocycles. The van der Waals surface area contributed by atoms with Gasteiger partial charge in [0.05, 0.1) is 17.5 Å². The molecule has 2 aliphatic rings. The largest absolute Gasteiger partial charge is 0.482 e. The lowest BCUT2D eigenvalue weighted by molar-refractivity contribution is -0.0504. The third-order valence-electron chi connectivity index (χ3n) is 6.07. The van der Waals surface area contributed by atoms with Crippen LogP contribution in [0.25, 0.3) is 11.3 Å². The van der Waals surface area contributed by atoms with Crippen LogP contribution < -0.4 is 9.47 Å². The van der Waals surface area contributed by atoms with Gasteiger partial charge in [-0.3, -0.25) is 9.48 Å². The Labute approximate surface area is 178 Å². The molecular weight excluding hydrogens is 404 g/mol. The second-order valence-corrected chi connectivity index (χ2v) is 7.79. The van der Waals surface area contributed by atoms with E-state index in [0.717, 1.165) is 22.6 Å². The molecule has 5 rings (SSSR count). The van der Waals surface area contributed by atoms with Crippen molar-refractivity contribution in [2.45, 2.75) is 25.1 Å². The summed E-state index contributed by atoms with van der Waals surface area (Å²) in [6, 6.07) is 14.0. The number of ether oxygens (including phenoxy) is 2. The predicted molar refractivity (Wildman–Crippen MR) is 109 cm³/mol. The number of carbonyl (C=O) groups is 1. The fraction of sp³-hybridized carbons (Fsp3) is 0.304. The van der Waals surface area contributed by atoms with Gasteiger partial charge in [0.2, 0.25) is 0 Å². The van der Waals surface area contributed by atoms with Crippen LogP contribution in [0.15, 0.2) is 54.7 Å². The van der Waals surface area contributed by atoms with Gasteiger partial charge in [-0.25, -0.2) is 0 Å². The Morgan fingerprint density at radius 1 is 1.13 bits per heavy atom. The number of piperidine rings is 1. The maximum Gasteiger partial charge on any atom is 0.387 e. The summed E-state index contributed by atoms with van der Waals surface area (Å²) in [5.74, 6) is 0.364. The highest BCUT2D eigenvalue weighted by Crippen LogP contribution is 2.49. The molecule has 0 bridgehead atoms. The second kappa shape index (κ2) is 7.37. The highest BCUT2D eigenvalue weighted by Gasteiger charge is 2.46. The van der Waals surface area contributed by atoms with Crippen LogP contribution in [0.4, 0.5) is 8.78 Å². The molecule has 160 valence electrons. The first kappa shape index (κ1) is 19.5. The summed E-state index contributed by atoms with van der Waals surface area (Å²) in [6.07, 6.45) is 2.99. The number of rotatable bonds is 3. The van der Waals surface area contributed by atoms with Crippen molar-refractivity contribution >= 4 is 5.91 Å². The predicted octanol–water partition coefficient (Wildman–Crippen LogP) is 4.21. The molecule has 1 saturated heterocycles. The van der Waals surface area contributed by atoms with Gasteiger partial charge in [0, 0.05) is 44.1 Å². The van der Waals surface area contributed by atoms with Gasteiger partial charge in [0.15, 0.2) is 0 Å². The normalized spacial score (nSPS) is 16.6. The van der Waals surface area contributed by atoms with Gasteiger partial charge in [0.1, 0.15) is 17.1 Å². The fourth-order valence-corrected chi connectivity index (χ4v) is 4.56. The number of aromatic nitrogens is 2. The Morgan fingerprint density at radius 2 is 1.84 bits per heavy atom. The van der Waals surface area contributed by atoms with Crippen LogP contribution in [0, 0.1) is 0 Å². The molecule has 1 spiro atoms. The molecular formula is C23H21F2N3O3. The SMILES string of the molecule is Cn1ncc2c1-c1ccccc1OC21CCN(C(=O)c2ccccc2OC(F)F)CC1. The second-order valence-electron chi connectivity index (χ2n) is 7.79. The summed E-state index contributed by atoms with van der Waals surface area (Å²) in [5.41, 5.74) is 2.60. The van der Waals surface area contributed by atoms with Crippen molar-refractivity contribution in [1.29, 1.82) is 0 Å². The smallest absolute Gasteiger partial charge is 0.387 e. The lowest BCUT2D eigenvalue weighted by Crippen LogP contribution is -2.49. The average Bonchev–Trinajstić information content (AvgIpc) is 3.17. The molecule has 8 heteroatoms. The molecule has 2 aliphatic heterocycles. The lowest BCUT2D eigenvalue weighted by Gasteiger charge is -2.44. The third-order valence-corrected chi connectivity index (χ3v) is 6.07. The van der Waals surface area contributed by atoms with E-state index in [2.05, 4.69) is 9.84 Å². The number of fused-ring (bicyclic) bond motifs is 4. The minimum absolute atomic E-state index is 0.111. The summed E-state index contributed by atoms with van der Waals surface area (Å²) < 4.78 is 38.4. The zero-order valence-electron chi connectivity index (χ0n) is 16.9. The summed E-state index contributed by atoms with van der Waals surface area (Å²) >= 11 is 0. The van der Waals surface area contributed by atoms with Crippen LogP contribution in [0.2, 0.25) is 0 Å². The summed E-state index contributed by atoms with van der Waals surface area (Å²) in [5, 5.41) is 4.46. The van der Waals surface area contributed by atoms with Crippen molar-refractivity contribution in [3.63, 3.8) is 0 Å². The van der Waals surface area contributed by atoms with Crippen molar-refractivity contribution in [2.75, 3.05) is 13.1 Å². The third kappa shape index (κ3) is 3.22. The van der Waals surface area contributed by atoms with Gasteiger partial charge < -0.3 is 14.4 Å². The topological polar surface area (TPSA) is 56.6 Å². The monoisotopic (exact) mass is 425 g/mol. The Hall–Kier alpha value is -3.42. The van der Waals surface area contributed by atoms with Crippen molar-refractivity contribution < 1.29 is 23.0 Å². The fourth-order valence-electron chi connectivity index (χ4n) is 4.56. The van der Waals surface area contributed by atoms with Crippen LogP contribution in [0.1, 0.15) is 28.8 Å². The van der Waals surface area contributed by atoms with Crippen LogP contribution in [0.3, 0.4) is 0 Å². The number of likely N-dealkylation sites (tertiary alicyclic amines) is 1. The zero-order chi connectivity index (χ0) is 21.6. The molecule has 2 aromatic carbocycles. The summed E-state index contributed by atoms with van der Waals surface area (Å²) in [6.45, 7) is -2.13. The number of carbonyl (C=O) groups excluding carboxylic acids is 1. The van der Waals surface area contributed by atoms with E-state index in [9.17, 15) is 13.6 Å². The Balaban J connectivity index is 1.41. The van der Waals surface area contributed by atoms with Crippen molar-refractivity contribution in [3.05, 3.63) is 65.9 Å². The molecule has 1 fully saturated rings. The molecule has 31 heavy (non-hydrogen) atoms. The summed E-state index contributed by atoms with van der Waals surface area (Å²) in [7, 11) is 1.91. The van der Waals surface area contributed by atoms with E-state index in [1.807, 2.05) is 42.2 Å². The highest BCUT2D eigenvalue weighted by molar-refractivity contribution is 5.97. The molecule has 0 atom stereocenters. The number of amides is 1. The Kier molecular flexibility index (Phi) is 4.64. The van der Waals surface area contributed by atoms with Crippen LogP contribution in [-0.4, -0.2) is 40.3 Å². The van der Waals surface area contributed by atoms with E-state index in [-0.39, 0.29) is 17.2 Å². The van der Waals surface area contributed by atoms with Crippen molar-refractivity contribution in [2.24, 2.45) is 7.05 Å². The van der Waals surface area contributed by atoms with Gasteiger partial charge in [0.25, 0.3) is 5.91 Å². The zero-order valence-corrected chi connectivity index (χ0v) is 16.9. The first-order valence-corrected chi connectivity index (χ1v) is 10.1. The maximum absolute atomic E-state index is 13.1. The Bertz CT molecular complexity index is 1140. The lowest BCUT2D eigenvalue weighted by atomic mass is 9.81. The van der Waals surface area contributed by atoms with Crippen molar-refractivity contribution in [1.82, 2.24) is 14.7 Å². The number of aryl methyl sites for hydroxylation is 1. The first-order valence-electron chi connectivity index (χ1n) is 10.1. The van der Waals surface area contributed by atoms with E-state index in [1.54, 1.807) is 17.0 Å². The molecule has 1 amide bonds. The molecule has 3 aromatic rings. The van der Waals surface area contributed by atoms with E-state index >= 15 is 0 Å². The maximum atomic E-state index is 13.1. The molecule has 0 radical (unpaired) electrons. The molecule has 0 aliphatic carbocycles. The number of alkyl halides is 2. The average molecular weight is 425 g/mol. The Morgan fingerprint density at radius 3 is 2.61 bits per heavy atom. The number of nitrogens with zero attached hydrogens (tertiary/aromatic N) is 3. The summed E-state index contributed by atoms with van der Waals surface area (Å²) in [4.78, 5) is 14.7. The quantitative estimate of drug-likeness (QED) is 0.631. The number of halogens is 2. The van der Waals surface area contributed by atoms with Crippen LogP contribution in [-0.2, 0) is 12.6 Å². The first-order chi connectivity index (χ1) is 15.0. The molecule has 3 heterocycles. The van der Waals surface area contributed by atoms with E-state index in [4.69, 9.17) is 4.74 Å². The van der Waals surface area contributed by atoms with Gasteiger partial charge in [-0.15, -0.1) is 0 Å². The van der Waals surface area contributed by atoms with Gasteiger partial charge in [-0.2, -0.15) is 13.9 Å². The number of benzene rings is 2.